The van der Waals surface area contributed by atoms with E-state index in [2.05, 4.69) is 19.1 Å². The van der Waals surface area contributed by atoms with Crippen LogP contribution in [0.3, 0.4) is 0 Å². The predicted molar refractivity (Wildman–Crippen MR) is 110 cm³/mol. The minimum Gasteiger partial charge on any atom is -0.388 e. The van der Waals surface area contributed by atoms with Gasteiger partial charge in [0.15, 0.2) is 0 Å². The van der Waals surface area contributed by atoms with Gasteiger partial charge in [0, 0.05) is 12.3 Å². The van der Waals surface area contributed by atoms with Gasteiger partial charge in [-0.25, -0.2) is 0 Å². The number of rotatable bonds is 13. The highest BCUT2D eigenvalue weighted by Gasteiger charge is 2.43. The molecule has 0 amide bonds. The Bertz CT molecular complexity index is 507. The normalized spacial score (nSPS) is 28.8. The smallest absolute Gasteiger partial charge is 0.226 e. The number of halogens is 1. The van der Waals surface area contributed by atoms with Gasteiger partial charge in [-0.2, -0.15) is 0 Å². The molecule has 3 N–H and O–H groups in total. The summed E-state index contributed by atoms with van der Waals surface area (Å²) in [5, 5.41) is 28.1. The van der Waals surface area contributed by atoms with Gasteiger partial charge in [-0.15, -0.1) is 11.6 Å². The van der Waals surface area contributed by atoms with Crippen molar-refractivity contribution in [2.24, 2.45) is 17.8 Å². The second-order valence-electron chi connectivity index (χ2n) is 8.55. The Morgan fingerprint density at radius 1 is 1.32 bits per heavy atom. The fraction of sp³-hybridized carbons (Fsp3) is 0.864. The summed E-state index contributed by atoms with van der Waals surface area (Å²) in [6, 6.07) is 0. The Morgan fingerprint density at radius 3 is 2.79 bits per heavy atom. The highest BCUT2D eigenvalue weighted by atomic mass is 35.5. The monoisotopic (exact) mass is 416 g/mol. The van der Waals surface area contributed by atoms with E-state index in [1.807, 2.05) is 0 Å². The topological polar surface area (TPSA) is 87.0 Å². The number of carbonyl (C=O) groups excluding carboxylic acids is 1. The number of carbonyl (C=O) groups is 1. The molecule has 0 aromatic rings. The first-order valence-corrected chi connectivity index (χ1v) is 11.4. The van der Waals surface area contributed by atoms with Crippen LogP contribution < -0.4 is 0 Å². The lowest BCUT2D eigenvalue weighted by Gasteiger charge is -2.20. The fourth-order valence-electron chi connectivity index (χ4n) is 4.63. The molecular formula is C22H37ClO5. The molecule has 1 aliphatic carbocycles. The van der Waals surface area contributed by atoms with Gasteiger partial charge in [0.05, 0.1) is 12.2 Å². The summed E-state index contributed by atoms with van der Waals surface area (Å²) in [7, 11) is 0. The van der Waals surface area contributed by atoms with Crippen molar-refractivity contribution in [3.63, 3.8) is 0 Å². The van der Waals surface area contributed by atoms with Crippen molar-refractivity contribution in [2.75, 3.05) is 12.5 Å². The van der Waals surface area contributed by atoms with Crippen LogP contribution in [0, 0.1) is 17.8 Å². The number of alkyl halides is 1. The van der Waals surface area contributed by atoms with Gasteiger partial charge in [-0.3, -0.25) is 4.79 Å². The van der Waals surface area contributed by atoms with Crippen LogP contribution in [0.1, 0.15) is 71.1 Å². The van der Waals surface area contributed by atoms with E-state index < -0.39 is 18.2 Å². The summed E-state index contributed by atoms with van der Waals surface area (Å²) in [5.41, 5.74) is 0. The molecule has 0 spiro atoms. The third-order valence-electron chi connectivity index (χ3n) is 6.39. The number of hydrogen-bond acceptors (Lipinski definition) is 5. The molecule has 0 aromatic carbocycles. The zero-order valence-corrected chi connectivity index (χ0v) is 17.8. The summed E-state index contributed by atoms with van der Waals surface area (Å²) in [5.74, 6) is -0.980. The third-order valence-corrected chi connectivity index (χ3v) is 6.83. The summed E-state index contributed by atoms with van der Waals surface area (Å²) in [6.45, 7) is 1.36. The largest absolute Gasteiger partial charge is 0.388 e. The Labute approximate surface area is 174 Å². The van der Waals surface area contributed by atoms with Crippen LogP contribution in [0.2, 0.25) is 0 Å². The number of aliphatic hydroxyl groups excluding tert-OH is 1. The number of ether oxygens (including phenoxy) is 1. The highest BCUT2D eigenvalue weighted by Crippen LogP contribution is 2.45. The van der Waals surface area contributed by atoms with Crippen molar-refractivity contribution >= 4 is 17.4 Å². The number of unbranched alkanes of at least 4 members (excludes halogenated alkanes) is 1. The highest BCUT2D eigenvalue weighted by molar-refractivity contribution is 6.18. The van der Waals surface area contributed by atoms with Crippen LogP contribution in [0.4, 0.5) is 0 Å². The van der Waals surface area contributed by atoms with Crippen LogP contribution in [-0.4, -0.2) is 51.6 Å². The minimum atomic E-state index is -2.43. The lowest BCUT2D eigenvalue weighted by Crippen LogP contribution is -2.40. The molecule has 2 aliphatic rings. The van der Waals surface area contributed by atoms with Crippen molar-refractivity contribution in [1.29, 1.82) is 0 Å². The van der Waals surface area contributed by atoms with E-state index in [9.17, 15) is 15.0 Å². The fourth-order valence-corrected chi connectivity index (χ4v) is 4.91. The quantitative estimate of drug-likeness (QED) is 0.243. The maximum atomic E-state index is 11.3. The molecule has 1 saturated heterocycles. The number of fused-ring (bicyclic) bond motifs is 1. The summed E-state index contributed by atoms with van der Waals surface area (Å²) in [4.78, 5) is 11.3. The summed E-state index contributed by atoms with van der Waals surface area (Å²) >= 11 is 6.09. The van der Waals surface area contributed by atoms with E-state index in [0.717, 1.165) is 25.1 Å². The standard InChI is InChI=1S/C22H37ClO5/c1-2-3-6-16(14-23)7-4-8-17-10-11-20-19(17)13-18(28-20)9-5-12-22(26,27)21(25)15-24/h4,8,16-20,24,26-27H,2-3,5-7,9-15H2,1H3/t16-,17-,18-,19+,20+/m0/s1. The molecule has 0 radical (unpaired) electrons. The minimum absolute atomic E-state index is 0.0670. The van der Waals surface area contributed by atoms with Crippen LogP contribution >= 0.6 is 11.6 Å². The first-order chi connectivity index (χ1) is 13.4. The molecule has 1 saturated carbocycles. The molecule has 6 heteroatoms. The Morgan fingerprint density at radius 2 is 2.11 bits per heavy atom. The molecule has 162 valence electrons. The van der Waals surface area contributed by atoms with Gasteiger partial charge >= 0.3 is 0 Å². The molecule has 1 heterocycles. The predicted octanol–water partition coefficient (Wildman–Crippen LogP) is 3.57. The number of hydrogen-bond donors (Lipinski definition) is 3. The number of ketones is 1. The Kier molecular flexibility index (Phi) is 9.91. The molecule has 5 atom stereocenters. The molecule has 2 rings (SSSR count). The summed E-state index contributed by atoms with van der Waals surface area (Å²) in [6.07, 6.45) is 14.2. The average molecular weight is 417 g/mol. The van der Waals surface area contributed by atoms with Crippen molar-refractivity contribution in [3.05, 3.63) is 12.2 Å². The van der Waals surface area contributed by atoms with Crippen molar-refractivity contribution < 1.29 is 24.9 Å². The third kappa shape index (κ3) is 6.81. The van der Waals surface area contributed by atoms with Crippen molar-refractivity contribution in [1.82, 2.24) is 0 Å². The van der Waals surface area contributed by atoms with Crippen LogP contribution in [0.5, 0.6) is 0 Å². The second kappa shape index (κ2) is 11.7. The lowest BCUT2D eigenvalue weighted by atomic mass is 9.89. The molecule has 2 fully saturated rings. The van der Waals surface area contributed by atoms with Gasteiger partial charge in [-0.1, -0.05) is 31.9 Å². The lowest BCUT2D eigenvalue weighted by molar-refractivity contribution is -0.188. The maximum Gasteiger partial charge on any atom is 0.226 e. The molecule has 5 nitrogen and oxygen atoms in total. The average Bonchev–Trinajstić information content (AvgIpc) is 3.24. The van der Waals surface area contributed by atoms with Crippen molar-refractivity contribution in [3.8, 4) is 0 Å². The first-order valence-electron chi connectivity index (χ1n) is 10.9. The van der Waals surface area contributed by atoms with Gasteiger partial charge in [0.2, 0.25) is 11.6 Å². The zero-order valence-electron chi connectivity index (χ0n) is 17.1. The Balaban J connectivity index is 1.74. The van der Waals surface area contributed by atoms with E-state index in [0.29, 0.717) is 36.7 Å². The first kappa shape index (κ1) is 23.8. The molecule has 0 aromatic heterocycles. The Hall–Kier alpha value is -0.460. The maximum absolute atomic E-state index is 11.3. The number of Topliss-reactive ketones (excluding diaryl/α,β-unsaturated/α-hetero) is 1. The van der Waals surface area contributed by atoms with Gasteiger partial charge in [0.1, 0.15) is 6.61 Å². The zero-order chi connectivity index (χ0) is 20.6. The van der Waals surface area contributed by atoms with Gasteiger partial charge in [0.25, 0.3) is 0 Å². The van der Waals surface area contributed by atoms with Crippen LogP contribution in [-0.2, 0) is 9.53 Å². The molecule has 0 bridgehead atoms. The van der Waals surface area contributed by atoms with Crippen LogP contribution in [0.15, 0.2) is 12.2 Å². The van der Waals surface area contributed by atoms with E-state index in [4.69, 9.17) is 21.4 Å². The van der Waals surface area contributed by atoms with E-state index >= 15 is 0 Å². The SMILES string of the molecule is CCCC[C@H](CCl)CC=C[C@H]1CC[C@H]2O[C@@H](CCCC(O)(O)C(=O)CO)C[C@H]12. The van der Waals surface area contributed by atoms with E-state index in [1.54, 1.807) is 0 Å². The van der Waals surface area contributed by atoms with Crippen molar-refractivity contribution in [2.45, 2.75) is 89.1 Å². The van der Waals surface area contributed by atoms with Gasteiger partial charge < -0.3 is 20.1 Å². The van der Waals surface area contributed by atoms with E-state index in [-0.39, 0.29) is 12.5 Å². The molecule has 0 unspecified atom stereocenters. The summed E-state index contributed by atoms with van der Waals surface area (Å²) < 4.78 is 6.17. The van der Waals surface area contributed by atoms with Crippen LogP contribution in [0.25, 0.3) is 0 Å². The molecule has 1 aliphatic heterocycles. The van der Waals surface area contributed by atoms with E-state index in [1.165, 1.54) is 25.7 Å². The number of allylic oxidation sites excluding steroid dienone is 2. The second-order valence-corrected chi connectivity index (χ2v) is 8.86. The number of aliphatic hydroxyl groups is 3. The van der Waals surface area contributed by atoms with Gasteiger partial charge in [-0.05, 0) is 62.7 Å². The molecular weight excluding hydrogens is 380 g/mol. The molecule has 28 heavy (non-hydrogen) atoms.